The number of sulfone groups is 1. The highest BCUT2D eigenvalue weighted by atomic mass is 32.2. The molecule has 11 heteroatoms. The van der Waals surface area contributed by atoms with Gasteiger partial charge in [-0.15, -0.1) is 5.10 Å². The van der Waals surface area contributed by atoms with Crippen LogP contribution in [-0.4, -0.2) is 39.8 Å². The lowest BCUT2D eigenvalue weighted by Gasteiger charge is -2.06. The number of rotatable bonds is 8. The fourth-order valence-electron chi connectivity index (χ4n) is 1.81. The Bertz CT molecular complexity index is 892. The molecule has 132 valence electrons. The van der Waals surface area contributed by atoms with Crippen LogP contribution < -0.4 is 4.72 Å². The number of hydrogen-bond acceptors (Lipinski definition) is 7. The van der Waals surface area contributed by atoms with Crippen molar-refractivity contribution in [1.82, 2.24) is 14.9 Å². The summed E-state index contributed by atoms with van der Waals surface area (Å²) in [6.45, 7) is 0.125. The summed E-state index contributed by atoms with van der Waals surface area (Å²) in [5.41, 5.74) is 0.471. The van der Waals surface area contributed by atoms with E-state index in [1.807, 2.05) is 0 Å². The average molecular weight is 377 g/mol. The predicted molar refractivity (Wildman–Crippen MR) is 82.8 cm³/mol. The molecule has 0 unspecified atom stereocenters. The van der Waals surface area contributed by atoms with Gasteiger partial charge in [-0.05, 0) is 24.1 Å². The van der Waals surface area contributed by atoms with Crippen molar-refractivity contribution in [3.63, 3.8) is 0 Å². The van der Waals surface area contributed by atoms with E-state index in [2.05, 4.69) is 14.9 Å². The number of halogens is 1. The zero-order valence-corrected chi connectivity index (χ0v) is 14.4. The van der Waals surface area contributed by atoms with Crippen LogP contribution in [0.25, 0.3) is 0 Å². The van der Waals surface area contributed by atoms with Crippen molar-refractivity contribution in [3.05, 3.63) is 41.5 Å². The molecule has 2 aromatic rings. The molecule has 0 fully saturated rings. The number of aromatic nitrogens is 2. The molecule has 0 saturated carbocycles. The van der Waals surface area contributed by atoms with Gasteiger partial charge in [0.25, 0.3) is 0 Å². The van der Waals surface area contributed by atoms with E-state index >= 15 is 0 Å². The summed E-state index contributed by atoms with van der Waals surface area (Å²) < 4.78 is 66.3. The smallest absolute Gasteiger partial charge is 0.335 e. The fourth-order valence-corrected chi connectivity index (χ4v) is 3.43. The molecule has 1 aromatic heterocycles. The first-order chi connectivity index (χ1) is 11.2. The maximum atomic E-state index is 12.8. The van der Waals surface area contributed by atoms with E-state index in [0.717, 1.165) is 6.26 Å². The van der Waals surface area contributed by atoms with Crippen molar-refractivity contribution >= 4 is 19.9 Å². The summed E-state index contributed by atoms with van der Waals surface area (Å²) in [6.07, 6.45) is 1.55. The third-order valence-electron chi connectivity index (χ3n) is 2.92. The summed E-state index contributed by atoms with van der Waals surface area (Å²) in [7, 11) is -7.11. The van der Waals surface area contributed by atoms with Gasteiger partial charge in [0.05, 0.1) is 5.75 Å². The van der Waals surface area contributed by atoms with Crippen LogP contribution in [0.3, 0.4) is 0 Å². The van der Waals surface area contributed by atoms with Crippen LogP contribution in [0.1, 0.15) is 17.9 Å². The summed E-state index contributed by atoms with van der Waals surface area (Å²) in [5, 5.41) is 6.52. The predicted octanol–water partition coefficient (Wildman–Crippen LogP) is 0.664. The van der Waals surface area contributed by atoms with E-state index in [1.54, 1.807) is 0 Å². The molecule has 0 amide bonds. The van der Waals surface area contributed by atoms with Gasteiger partial charge in [-0.2, -0.15) is 0 Å². The number of sulfonamides is 1. The van der Waals surface area contributed by atoms with Crippen LogP contribution in [0.15, 0.2) is 33.9 Å². The number of benzene rings is 1. The number of nitrogens with one attached hydrogen (secondary N) is 1. The largest absolute Gasteiger partial charge is 0.413 e. The molecule has 0 spiro atoms. The van der Waals surface area contributed by atoms with Gasteiger partial charge < -0.3 is 4.42 Å². The molecule has 1 aromatic carbocycles. The minimum Gasteiger partial charge on any atom is -0.413 e. The van der Waals surface area contributed by atoms with Crippen molar-refractivity contribution in [2.24, 2.45) is 0 Å². The molecule has 24 heavy (non-hydrogen) atoms. The van der Waals surface area contributed by atoms with Crippen molar-refractivity contribution < 1.29 is 25.6 Å². The average Bonchev–Trinajstić information content (AvgIpc) is 2.95. The van der Waals surface area contributed by atoms with Crippen LogP contribution in [-0.2, 0) is 32.0 Å². The monoisotopic (exact) mass is 377 g/mol. The summed E-state index contributed by atoms with van der Waals surface area (Å²) >= 11 is 0. The molecule has 0 saturated heterocycles. The normalized spacial score (nSPS) is 12.4. The second kappa shape index (κ2) is 7.36. The molecular formula is C13H16FN3O5S2. The maximum absolute atomic E-state index is 12.8. The molecule has 2 rings (SSSR count). The van der Waals surface area contributed by atoms with E-state index in [1.165, 1.54) is 24.3 Å². The Kier molecular flexibility index (Phi) is 5.67. The first-order valence-electron chi connectivity index (χ1n) is 6.90. The second-order valence-electron chi connectivity index (χ2n) is 5.12. The van der Waals surface area contributed by atoms with Gasteiger partial charge in [0.15, 0.2) is 0 Å². The van der Waals surface area contributed by atoms with E-state index in [-0.39, 0.29) is 24.6 Å². The van der Waals surface area contributed by atoms with Gasteiger partial charge in [-0.3, -0.25) is 0 Å². The quantitative estimate of drug-likeness (QED) is 0.671. The molecule has 0 atom stereocenters. The van der Waals surface area contributed by atoms with Crippen LogP contribution in [0, 0.1) is 5.82 Å². The summed E-state index contributed by atoms with van der Waals surface area (Å²) in [4.78, 5) is 0. The fraction of sp³-hybridized carbons (Fsp3) is 0.385. The Hall–Kier alpha value is -1.85. The van der Waals surface area contributed by atoms with Gasteiger partial charge in [0.1, 0.15) is 5.82 Å². The highest BCUT2D eigenvalue weighted by Crippen LogP contribution is 2.09. The highest BCUT2D eigenvalue weighted by Gasteiger charge is 2.16. The van der Waals surface area contributed by atoms with Gasteiger partial charge in [0, 0.05) is 19.2 Å². The molecule has 0 aliphatic carbocycles. The zero-order chi connectivity index (χ0) is 17.8. The lowest BCUT2D eigenvalue weighted by molar-refractivity contribution is 0.394. The summed E-state index contributed by atoms with van der Waals surface area (Å²) in [5.74, 6) is -0.572. The van der Waals surface area contributed by atoms with Gasteiger partial charge in [0.2, 0.25) is 25.8 Å². The summed E-state index contributed by atoms with van der Waals surface area (Å²) in [6, 6.07) is 5.19. The SMILES string of the molecule is CS(=O)(=O)c1nnc(CCCNS(=O)(=O)Cc2ccc(F)cc2)o1. The maximum Gasteiger partial charge on any atom is 0.335 e. The van der Waals surface area contributed by atoms with Crippen LogP contribution in [0.4, 0.5) is 4.39 Å². The minimum absolute atomic E-state index is 0.119. The standard InChI is InChI=1S/C13H16FN3O5S2/c1-23(18,19)13-17-16-12(22-13)3-2-8-15-24(20,21)9-10-4-6-11(14)7-5-10/h4-7,15H,2-3,8-9H2,1H3. The van der Waals surface area contributed by atoms with Gasteiger partial charge in [-0.25, -0.2) is 25.9 Å². The van der Waals surface area contributed by atoms with Gasteiger partial charge in [-0.1, -0.05) is 17.2 Å². The second-order valence-corrected chi connectivity index (χ2v) is 8.82. The Morgan fingerprint density at radius 3 is 2.38 bits per heavy atom. The minimum atomic E-state index is -3.55. The molecular weight excluding hydrogens is 361 g/mol. The van der Waals surface area contributed by atoms with E-state index in [4.69, 9.17) is 4.42 Å². The van der Waals surface area contributed by atoms with Crippen LogP contribution in [0.2, 0.25) is 0 Å². The highest BCUT2D eigenvalue weighted by molar-refractivity contribution is 7.90. The van der Waals surface area contributed by atoms with Crippen molar-refractivity contribution in [3.8, 4) is 0 Å². The van der Waals surface area contributed by atoms with E-state index < -0.39 is 30.9 Å². The molecule has 0 radical (unpaired) electrons. The Labute approximate surface area is 139 Å². The topological polar surface area (TPSA) is 119 Å². The molecule has 1 N–H and O–H groups in total. The molecule has 1 heterocycles. The Morgan fingerprint density at radius 2 is 1.79 bits per heavy atom. The lowest BCUT2D eigenvalue weighted by atomic mass is 10.2. The van der Waals surface area contributed by atoms with Crippen LogP contribution >= 0.6 is 0 Å². The lowest BCUT2D eigenvalue weighted by Crippen LogP contribution is -2.26. The first-order valence-corrected chi connectivity index (χ1v) is 10.4. The van der Waals surface area contributed by atoms with Gasteiger partial charge >= 0.3 is 5.22 Å². The Morgan fingerprint density at radius 1 is 1.12 bits per heavy atom. The molecule has 0 aliphatic heterocycles. The first kappa shape index (κ1) is 18.5. The van der Waals surface area contributed by atoms with E-state index in [0.29, 0.717) is 12.0 Å². The Balaban J connectivity index is 1.80. The van der Waals surface area contributed by atoms with Crippen molar-refractivity contribution in [2.45, 2.75) is 23.8 Å². The molecule has 0 bridgehead atoms. The number of aryl methyl sites for hydroxylation is 1. The van der Waals surface area contributed by atoms with E-state index in [9.17, 15) is 21.2 Å². The van der Waals surface area contributed by atoms with Crippen molar-refractivity contribution in [2.75, 3.05) is 12.8 Å². The number of hydrogen-bond donors (Lipinski definition) is 1. The number of nitrogens with zero attached hydrogens (tertiary/aromatic N) is 2. The third-order valence-corrected chi connectivity index (χ3v) is 5.08. The zero-order valence-electron chi connectivity index (χ0n) is 12.8. The van der Waals surface area contributed by atoms with Crippen molar-refractivity contribution in [1.29, 1.82) is 0 Å². The third kappa shape index (κ3) is 5.65. The molecule has 0 aliphatic rings. The van der Waals surface area contributed by atoms with Crippen LogP contribution in [0.5, 0.6) is 0 Å². The molecule has 8 nitrogen and oxygen atoms in total.